The molecule has 0 aromatic carbocycles. The average Bonchev–Trinajstić information content (AvgIpc) is 2.75. The van der Waals surface area contributed by atoms with Gasteiger partial charge < -0.3 is 10.2 Å². The van der Waals surface area contributed by atoms with E-state index in [0.717, 1.165) is 62.3 Å². The highest BCUT2D eigenvalue weighted by atomic mass is 16.2. The molecule has 164 valence electrons. The smallest absolute Gasteiger partial charge is 0.228 e. The summed E-state index contributed by atoms with van der Waals surface area (Å²) >= 11 is 0. The summed E-state index contributed by atoms with van der Waals surface area (Å²) in [6.45, 7) is 9.84. The lowest BCUT2D eigenvalue weighted by Gasteiger charge is -2.35. The summed E-state index contributed by atoms with van der Waals surface area (Å²) in [5.41, 5.74) is 5.64. The first-order chi connectivity index (χ1) is 14.9. The van der Waals surface area contributed by atoms with E-state index in [9.17, 15) is 4.79 Å². The third-order valence-corrected chi connectivity index (χ3v) is 6.60. The molecule has 2 aliphatic rings. The van der Waals surface area contributed by atoms with Crippen molar-refractivity contribution in [1.82, 2.24) is 24.8 Å². The quantitative estimate of drug-likeness (QED) is 0.735. The molecule has 1 saturated heterocycles. The van der Waals surface area contributed by atoms with Crippen molar-refractivity contribution in [3.05, 3.63) is 46.7 Å². The Labute approximate surface area is 184 Å². The number of carbonyl (C=O) groups is 1. The van der Waals surface area contributed by atoms with Crippen LogP contribution < -0.4 is 5.32 Å². The predicted molar refractivity (Wildman–Crippen MR) is 121 cm³/mol. The summed E-state index contributed by atoms with van der Waals surface area (Å²) < 4.78 is 0. The van der Waals surface area contributed by atoms with E-state index < -0.39 is 0 Å². The van der Waals surface area contributed by atoms with Gasteiger partial charge in [0.1, 0.15) is 0 Å². The maximum Gasteiger partial charge on any atom is 0.228 e. The zero-order chi connectivity index (χ0) is 22.0. The van der Waals surface area contributed by atoms with E-state index in [1.165, 1.54) is 11.1 Å². The Morgan fingerprint density at radius 1 is 0.968 bits per heavy atom. The summed E-state index contributed by atoms with van der Waals surface area (Å²) in [7, 11) is 0. The zero-order valence-corrected chi connectivity index (χ0v) is 19.0. The molecule has 3 heterocycles. The second-order valence-corrected chi connectivity index (χ2v) is 9.03. The van der Waals surface area contributed by atoms with Gasteiger partial charge in [0.2, 0.25) is 11.9 Å². The third-order valence-electron chi connectivity index (χ3n) is 6.60. The minimum absolute atomic E-state index is 0.158. The van der Waals surface area contributed by atoms with Gasteiger partial charge in [-0.05, 0) is 65.9 Å². The molecule has 0 bridgehead atoms. The van der Waals surface area contributed by atoms with E-state index >= 15 is 0 Å². The number of aryl methyl sites for hydroxylation is 2. The van der Waals surface area contributed by atoms with Crippen molar-refractivity contribution in [3.63, 3.8) is 0 Å². The number of carbonyl (C=O) groups excluding carboxylic acids is 1. The maximum absolute atomic E-state index is 13.0. The van der Waals surface area contributed by atoms with Crippen LogP contribution in [0.5, 0.6) is 0 Å². The van der Waals surface area contributed by atoms with Crippen LogP contribution in [0, 0.1) is 19.8 Å². The molecule has 0 unspecified atom stereocenters. The fourth-order valence-electron chi connectivity index (χ4n) is 4.65. The van der Waals surface area contributed by atoms with Gasteiger partial charge in [0.25, 0.3) is 0 Å². The minimum atomic E-state index is 0.158. The standard InChI is InChI=1S/C24H32N6O/c1-15-5-6-20(11-16(15)2)23(31)30-9-7-19(8-10-30)21-13-25-14-22(28-21)29-24-26-17(3)12-18(4)27-24/h12-14,19-20H,5-11H2,1-4H3,(H,26,27,28,29)/t20-/m0/s1. The lowest BCUT2D eigenvalue weighted by molar-refractivity contribution is -0.137. The van der Waals surface area contributed by atoms with Gasteiger partial charge in [-0.2, -0.15) is 0 Å². The van der Waals surface area contributed by atoms with Crippen LogP contribution in [0.4, 0.5) is 11.8 Å². The molecule has 1 N–H and O–H groups in total. The van der Waals surface area contributed by atoms with Crippen LogP contribution in [-0.4, -0.2) is 43.8 Å². The number of amides is 1. The number of aromatic nitrogens is 4. The Balaban J connectivity index is 1.37. The largest absolute Gasteiger partial charge is 0.342 e. The number of anilines is 2. The van der Waals surface area contributed by atoms with E-state index in [-0.39, 0.29) is 5.92 Å². The fraction of sp³-hybridized carbons (Fsp3) is 0.542. The van der Waals surface area contributed by atoms with Crippen LogP contribution in [0.3, 0.4) is 0 Å². The summed E-state index contributed by atoms with van der Waals surface area (Å²) in [4.78, 5) is 33.1. The van der Waals surface area contributed by atoms with Gasteiger partial charge in [0, 0.05) is 42.5 Å². The second kappa shape index (κ2) is 9.12. The number of rotatable bonds is 4. The molecule has 1 aliphatic carbocycles. The van der Waals surface area contributed by atoms with Crippen LogP contribution in [0.2, 0.25) is 0 Å². The number of hydrogen-bond acceptors (Lipinski definition) is 6. The molecule has 7 nitrogen and oxygen atoms in total. The highest BCUT2D eigenvalue weighted by Crippen LogP contribution is 2.33. The topological polar surface area (TPSA) is 83.9 Å². The van der Waals surface area contributed by atoms with Crippen molar-refractivity contribution in [2.24, 2.45) is 5.92 Å². The molecule has 0 radical (unpaired) electrons. The molecule has 2 aromatic rings. The molecular weight excluding hydrogens is 388 g/mol. The molecule has 1 amide bonds. The van der Waals surface area contributed by atoms with Crippen LogP contribution >= 0.6 is 0 Å². The van der Waals surface area contributed by atoms with Crippen molar-refractivity contribution in [1.29, 1.82) is 0 Å². The molecule has 1 atom stereocenters. The van der Waals surface area contributed by atoms with Gasteiger partial charge in [-0.1, -0.05) is 11.1 Å². The summed E-state index contributed by atoms with van der Waals surface area (Å²) in [5.74, 6) is 2.00. The number of piperidine rings is 1. The number of nitrogens with zero attached hydrogens (tertiary/aromatic N) is 5. The summed E-state index contributed by atoms with van der Waals surface area (Å²) in [5, 5.41) is 3.18. The predicted octanol–water partition coefficient (Wildman–Crippen LogP) is 4.47. The first kappa shape index (κ1) is 21.4. The zero-order valence-electron chi connectivity index (χ0n) is 19.0. The minimum Gasteiger partial charge on any atom is -0.342 e. The highest BCUT2D eigenvalue weighted by molar-refractivity contribution is 5.79. The van der Waals surface area contributed by atoms with Crippen molar-refractivity contribution in [3.8, 4) is 0 Å². The summed E-state index contributed by atoms with van der Waals surface area (Å²) in [6, 6.07) is 1.94. The van der Waals surface area contributed by atoms with Crippen LogP contribution in [0.1, 0.15) is 69.0 Å². The average molecular weight is 421 g/mol. The molecule has 7 heteroatoms. The van der Waals surface area contributed by atoms with Gasteiger partial charge in [-0.25, -0.2) is 15.0 Å². The van der Waals surface area contributed by atoms with Crippen molar-refractivity contribution < 1.29 is 4.79 Å². The van der Waals surface area contributed by atoms with E-state index in [0.29, 0.717) is 23.6 Å². The van der Waals surface area contributed by atoms with E-state index in [4.69, 9.17) is 4.98 Å². The van der Waals surface area contributed by atoms with E-state index in [1.807, 2.05) is 26.1 Å². The normalized spacial score (nSPS) is 20.1. The lowest BCUT2D eigenvalue weighted by atomic mass is 9.83. The molecule has 2 aromatic heterocycles. The van der Waals surface area contributed by atoms with Crippen molar-refractivity contribution >= 4 is 17.7 Å². The van der Waals surface area contributed by atoms with Gasteiger partial charge >= 0.3 is 0 Å². The Kier molecular flexibility index (Phi) is 6.30. The van der Waals surface area contributed by atoms with E-state index in [2.05, 4.69) is 39.0 Å². The number of likely N-dealkylation sites (tertiary alicyclic amines) is 1. The Morgan fingerprint density at radius 2 is 1.68 bits per heavy atom. The molecule has 0 saturated carbocycles. The maximum atomic E-state index is 13.0. The van der Waals surface area contributed by atoms with Crippen LogP contribution in [-0.2, 0) is 4.79 Å². The van der Waals surface area contributed by atoms with Gasteiger partial charge in [-0.15, -0.1) is 0 Å². The van der Waals surface area contributed by atoms with Crippen LogP contribution in [0.25, 0.3) is 0 Å². The Bertz CT molecular complexity index is 973. The number of allylic oxidation sites excluding steroid dienone is 2. The molecule has 1 fully saturated rings. The van der Waals surface area contributed by atoms with Gasteiger partial charge in [0.05, 0.1) is 11.9 Å². The SMILES string of the molecule is CC1=C(C)C[C@@H](C(=O)N2CCC(c3cncc(Nc4nc(C)cc(C)n4)n3)CC2)CC1. The Hall–Kier alpha value is -2.83. The molecule has 4 rings (SSSR count). The van der Waals surface area contributed by atoms with Gasteiger partial charge in [0.15, 0.2) is 5.82 Å². The Morgan fingerprint density at radius 3 is 2.35 bits per heavy atom. The van der Waals surface area contributed by atoms with Crippen LogP contribution in [0.15, 0.2) is 29.6 Å². The summed E-state index contributed by atoms with van der Waals surface area (Å²) in [6.07, 6.45) is 8.34. The highest BCUT2D eigenvalue weighted by Gasteiger charge is 2.31. The first-order valence-corrected chi connectivity index (χ1v) is 11.2. The number of nitrogens with one attached hydrogen (secondary N) is 1. The van der Waals surface area contributed by atoms with Gasteiger partial charge in [-0.3, -0.25) is 9.78 Å². The molecular formula is C24H32N6O. The third kappa shape index (κ3) is 5.09. The molecule has 0 spiro atoms. The molecule has 1 aliphatic heterocycles. The lowest BCUT2D eigenvalue weighted by Crippen LogP contribution is -2.42. The second-order valence-electron chi connectivity index (χ2n) is 9.03. The first-order valence-electron chi connectivity index (χ1n) is 11.2. The fourth-order valence-corrected chi connectivity index (χ4v) is 4.65. The van der Waals surface area contributed by atoms with Crippen molar-refractivity contribution in [2.45, 2.75) is 65.7 Å². The number of hydrogen-bond donors (Lipinski definition) is 1. The molecule has 31 heavy (non-hydrogen) atoms. The van der Waals surface area contributed by atoms with Crippen molar-refractivity contribution in [2.75, 3.05) is 18.4 Å². The van der Waals surface area contributed by atoms with E-state index in [1.54, 1.807) is 6.20 Å². The monoisotopic (exact) mass is 420 g/mol.